The van der Waals surface area contributed by atoms with E-state index in [9.17, 15) is 23.1 Å². The summed E-state index contributed by atoms with van der Waals surface area (Å²) in [5.41, 5.74) is 1.10. The molecule has 2 aliphatic heterocycles. The topological polar surface area (TPSA) is 80.0 Å². The number of imidazole rings is 1. The van der Waals surface area contributed by atoms with Crippen LogP contribution in [0.25, 0.3) is 5.65 Å². The predicted molar refractivity (Wildman–Crippen MR) is 130 cm³/mol. The molecule has 1 aliphatic carbocycles. The summed E-state index contributed by atoms with van der Waals surface area (Å²) in [6, 6.07) is 9.51. The van der Waals surface area contributed by atoms with Crippen molar-refractivity contribution < 1.29 is 27.8 Å². The van der Waals surface area contributed by atoms with E-state index in [1.807, 2.05) is 0 Å². The average molecular weight is 515 g/mol. The molecule has 196 valence electrons. The van der Waals surface area contributed by atoms with Gasteiger partial charge in [0.2, 0.25) is 0 Å². The van der Waals surface area contributed by atoms with Crippen LogP contribution in [0.15, 0.2) is 36.5 Å². The molecule has 10 heteroatoms. The summed E-state index contributed by atoms with van der Waals surface area (Å²) in [7, 11) is 0. The third-order valence-electron chi connectivity index (χ3n) is 8.31. The number of piperidine rings is 1. The first-order valence-corrected chi connectivity index (χ1v) is 12.9. The van der Waals surface area contributed by atoms with E-state index in [1.165, 1.54) is 4.52 Å². The lowest BCUT2D eigenvalue weighted by Gasteiger charge is -2.45. The van der Waals surface area contributed by atoms with Gasteiger partial charge in [-0.1, -0.05) is 19.1 Å². The molecule has 2 fully saturated rings. The molecule has 37 heavy (non-hydrogen) atoms. The fourth-order valence-electron chi connectivity index (χ4n) is 5.98. The van der Waals surface area contributed by atoms with Crippen molar-refractivity contribution in [3.63, 3.8) is 0 Å². The fourth-order valence-corrected chi connectivity index (χ4v) is 5.98. The van der Waals surface area contributed by atoms with Gasteiger partial charge in [0, 0.05) is 25.9 Å². The summed E-state index contributed by atoms with van der Waals surface area (Å²) >= 11 is 0. The van der Waals surface area contributed by atoms with Crippen molar-refractivity contribution in [2.45, 2.75) is 63.1 Å². The number of carboxylic acid groups (broad SMARTS) is 1. The van der Waals surface area contributed by atoms with Crippen LogP contribution < -0.4 is 9.64 Å². The van der Waals surface area contributed by atoms with E-state index in [2.05, 4.69) is 33.2 Å². The number of aromatic nitrogens is 3. The molecule has 3 aliphatic rings. The largest absolute Gasteiger partial charge is 0.487 e. The number of ether oxygens (including phenoxy) is 1. The van der Waals surface area contributed by atoms with Crippen molar-refractivity contribution in [1.29, 1.82) is 0 Å². The van der Waals surface area contributed by atoms with E-state index in [0.29, 0.717) is 24.8 Å². The minimum atomic E-state index is -4.51. The molecule has 1 aromatic carbocycles. The van der Waals surface area contributed by atoms with E-state index in [-0.39, 0.29) is 17.2 Å². The van der Waals surface area contributed by atoms with Gasteiger partial charge in [-0.2, -0.15) is 13.2 Å². The molecule has 7 nitrogen and oxygen atoms in total. The highest BCUT2D eigenvalue weighted by Gasteiger charge is 2.42. The Morgan fingerprint density at radius 2 is 1.92 bits per heavy atom. The van der Waals surface area contributed by atoms with Gasteiger partial charge in [-0.05, 0) is 66.8 Å². The van der Waals surface area contributed by atoms with Crippen LogP contribution in [0.2, 0.25) is 0 Å². The monoisotopic (exact) mass is 514 g/mol. The molecular formula is C27H29F3N4O3. The number of aryl methyl sites for hydroxylation is 1. The van der Waals surface area contributed by atoms with Gasteiger partial charge >= 0.3 is 12.1 Å². The van der Waals surface area contributed by atoms with Crippen LogP contribution in [-0.4, -0.2) is 44.4 Å². The Balaban J connectivity index is 1.18. The number of carboxylic acids is 1. The Morgan fingerprint density at radius 1 is 1.16 bits per heavy atom. The van der Waals surface area contributed by atoms with Gasteiger partial charge in [0.25, 0.3) is 0 Å². The quantitative estimate of drug-likeness (QED) is 0.496. The van der Waals surface area contributed by atoms with Crippen molar-refractivity contribution in [3.8, 4) is 5.75 Å². The van der Waals surface area contributed by atoms with Gasteiger partial charge in [0.1, 0.15) is 17.2 Å². The zero-order valence-electron chi connectivity index (χ0n) is 20.5. The highest BCUT2D eigenvalue weighted by molar-refractivity contribution is 5.71. The summed E-state index contributed by atoms with van der Waals surface area (Å²) in [5, 5.41) is 14.0. The minimum absolute atomic E-state index is 0.00634. The van der Waals surface area contributed by atoms with E-state index < -0.39 is 23.8 Å². The van der Waals surface area contributed by atoms with Crippen LogP contribution in [-0.2, 0) is 17.4 Å². The average Bonchev–Trinajstić information content (AvgIpc) is 3.59. The second kappa shape index (κ2) is 8.63. The second-order valence-corrected chi connectivity index (χ2v) is 10.7. The van der Waals surface area contributed by atoms with E-state index in [0.717, 1.165) is 61.6 Å². The van der Waals surface area contributed by atoms with E-state index in [4.69, 9.17) is 4.74 Å². The smallest absolute Gasteiger partial charge is 0.434 e. The summed E-state index contributed by atoms with van der Waals surface area (Å²) in [5.74, 6) is 0.668. The number of rotatable bonds is 5. The Kier molecular flexibility index (Phi) is 5.61. The molecule has 1 saturated heterocycles. The molecular weight excluding hydrogens is 485 g/mol. The van der Waals surface area contributed by atoms with Crippen molar-refractivity contribution in [2.75, 3.05) is 18.0 Å². The number of aliphatic carboxylic acids is 1. The van der Waals surface area contributed by atoms with Crippen molar-refractivity contribution in [2.24, 2.45) is 11.8 Å². The molecule has 1 N–H and O–H groups in total. The summed E-state index contributed by atoms with van der Waals surface area (Å²) in [6.45, 7) is 3.14. The SMILES string of the molecule is C[C@H](C(=O)O)[C@H](c1ccc2c(c1)OC1(CC2)CCN(c2ccc3nc(C(F)(F)F)cn3n2)CC1)C1CC1. The summed E-state index contributed by atoms with van der Waals surface area (Å²) in [4.78, 5) is 17.4. The van der Waals surface area contributed by atoms with Gasteiger partial charge < -0.3 is 14.7 Å². The number of benzene rings is 1. The number of fused-ring (bicyclic) bond motifs is 2. The van der Waals surface area contributed by atoms with Gasteiger partial charge in [-0.3, -0.25) is 4.79 Å². The molecule has 1 spiro atoms. The highest BCUT2D eigenvalue weighted by atomic mass is 19.4. The maximum atomic E-state index is 13.0. The molecule has 4 heterocycles. The number of hydrogen-bond acceptors (Lipinski definition) is 5. The van der Waals surface area contributed by atoms with Crippen LogP contribution in [0.3, 0.4) is 0 Å². The van der Waals surface area contributed by atoms with Crippen molar-refractivity contribution in [1.82, 2.24) is 14.6 Å². The number of halogens is 3. The number of anilines is 1. The van der Waals surface area contributed by atoms with Gasteiger partial charge in [0.05, 0.1) is 12.1 Å². The molecule has 0 bridgehead atoms. The maximum absolute atomic E-state index is 13.0. The highest BCUT2D eigenvalue weighted by Crippen LogP contribution is 2.49. The van der Waals surface area contributed by atoms with Gasteiger partial charge in [-0.15, -0.1) is 5.10 Å². The zero-order valence-corrected chi connectivity index (χ0v) is 20.5. The Morgan fingerprint density at radius 3 is 2.59 bits per heavy atom. The normalized spacial score (nSPS) is 20.9. The van der Waals surface area contributed by atoms with Gasteiger partial charge in [-0.25, -0.2) is 9.50 Å². The fraction of sp³-hybridized carbons (Fsp3) is 0.519. The minimum Gasteiger partial charge on any atom is -0.487 e. The van der Waals surface area contributed by atoms with Crippen LogP contribution in [0, 0.1) is 11.8 Å². The van der Waals surface area contributed by atoms with Gasteiger partial charge in [0.15, 0.2) is 11.3 Å². The molecule has 0 amide bonds. The van der Waals surface area contributed by atoms with Crippen LogP contribution in [0.4, 0.5) is 19.0 Å². The Hall–Kier alpha value is -3.30. The van der Waals surface area contributed by atoms with Crippen molar-refractivity contribution in [3.05, 3.63) is 53.3 Å². The van der Waals surface area contributed by atoms with E-state index >= 15 is 0 Å². The number of nitrogens with zero attached hydrogens (tertiary/aromatic N) is 4. The first kappa shape index (κ1) is 24.1. The number of alkyl halides is 3. The third kappa shape index (κ3) is 4.51. The lowest BCUT2D eigenvalue weighted by molar-refractivity contribution is -0.142. The molecule has 2 atom stereocenters. The molecule has 1 saturated carbocycles. The van der Waals surface area contributed by atoms with Crippen LogP contribution in [0.5, 0.6) is 5.75 Å². The second-order valence-electron chi connectivity index (χ2n) is 10.7. The maximum Gasteiger partial charge on any atom is 0.434 e. The molecule has 3 aromatic rings. The lowest BCUT2D eigenvalue weighted by atomic mass is 9.80. The lowest BCUT2D eigenvalue weighted by Crippen LogP contribution is -2.50. The van der Waals surface area contributed by atoms with Crippen molar-refractivity contribution >= 4 is 17.4 Å². The van der Waals surface area contributed by atoms with Crippen LogP contribution >= 0.6 is 0 Å². The Labute approximate surface area is 212 Å². The number of hydrogen-bond donors (Lipinski definition) is 1. The standard InChI is InChI=1S/C27H29F3N4O3/c1-16(25(35)36)24(18-3-4-18)19-5-2-17-8-9-26(37-20(17)14-19)10-12-33(13-11-26)23-7-6-22-31-21(27(28,29)30)15-34(22)32-23/h2,5-7,14-16,18,24H,3-4,8-13H2,1H3,(H,35,36)/t16-,24-/m0/s1. The predicted octanol–water partition coefficient (Wildman–Crippen LogP) is 5.33. The summed E-state index contributed by atoms with van der Waals surface area (Å²) < 4.78 is 46.9. The molecule has 0 radical (unpaired) electrons. The molecule has 2 aromatic heterocycles. The first-order chi connectivity index (χ1) is 17.6. The third-order valence-corrected chi connectivity index (χ3v) is 8.31. The Bertz CT molecular complexity index is 1340. The van der Waals surface area contributed by atoms with Crippen LogP contribution in [0.1, 0.15) is 61.8 Å². The summed E-state index contributed by atoms with van der Waals surface area (Å²) in [6.07, 6.45) is 1.88. The number of carbonyl (C=O) groups is 1. The zero-order chi connectivity index (χ0) is 25.9. The van der Waals surface area contributed by atoms with E-state index in [1.54, 1.807) is 19.1 Å². The molecule has 0 unspecified atom stereocenters. The first-order valence-electron chi connectivity index (χ1n) is 12.9. The molecule has 6 rings (SSSR count).